The van der Waals surface area contributed by atoms with Gasteiger partial charge in [-0.05, 0) is 19.1 Å². The molecule has 0 atom stereocenters. The highest BCUT2D eigenvalue weighted by Crippen LogP contribution is 2.21. The second kappa shape index (κ2) is 5.49. The molecule has 2 aromatic rings. The van der Waals surface area contributed by atoms with E-state index in [1.165, 1.54) is 12.1 Å². The first-order valence-electron chi connectivity index (χ1n) is 5.75. The van der Waals surface area contributed by atoms with Crippen LogP contribution in [-0.2, 0) is 16.2 Å². The van der Waals surface area contributed by atoms with E-state index in [4.69, 9.17) is 4.84 Å². The number of amides is 1. The first-order chi connectivity index (χ1) is 9.11. The Morgan fingerprint density at radius 3 is 2.95 bits per heavy atom. The fourth-order valence-corrected chi connectivity index (χ4v) is 1.78. The molecule has 0 aliphatic rings. The molecule has 7 nitrogen and oxygen atoms in total. The highest BCUT2D eigenvalue weighted by Gasteiger charge is 2.10. The van der Waals surface area contributed by atoms with E-state index in [0.29, 0.717) is 6.61 Å². The van der Waals surface area contributed by atoms with Crippen molar-refractivity contribution in [3.63, 3.8) is 0 Å². The van der Waals surface area contributed by atoms with Crippen LogP contribution >= 0.6 is 0 Å². The van der Waals surface area contributed by atoms with Crippen molar-refractivity contribution in [2.24, 2.45) is 0 Å². The smallest absolute Gasteiger partial charge is 0.270 e. The molecule has 0 radical (unpaired) electrons. The van der Waals surface area contributed by atoms with Crippen molar-refractivity contribution in [1.29, 1.82) is 0 Å². The minimum absolute atomic E-state index is 0.0315. The lowest BCUT2D eigenvalue weighted by Crippen LogP contribution is -2.27. The fourth-order valence-electron chi connectivity index (χ4n) is 1.78. The van der Waals surface area contributed by atoms with Crippen LogP contribution in [0.5, 0.6) is 0 Å². The molecule has 1 heterocycles. The molecule has 0 bridgehead atoms. The number of carbonyl (C=O) groups excluding carboxylic acids is 1. The van der Waals surface area contributed by atoms with Gasteiger partial charge in [-0.15, -0.1) is 0 Å². The SMILES string of the molecule is CCONC(=O)Cn1ccc2cc([N+](=O)[O-])ccc21. The first kappa shape index (κ1) is 13.0. The summed E-state index contributed by atoms with van der Waals surface area (Å²) >= 11 is 0. The topological polar surface area (TPSA) is 86.4 Å². The van der Waals surface area contributed by atoms with Crippen LogP contribution in [0.15, 0.2) is 30.5 Å². The number of benzene rings is 1. The van der Waals surface area contributed by atoms with E-state index in [1.54, 1.807) is 29.8 Å². The Balaban J connectivity index is 2.21. The summed E-state index contributed by atoms with van der Waals surface area (Å²) in [5.41, 5.74) is 3.09. The van der Waals surface area contributed by atoms with Crippen molar-refractivity contribution in [2.45, 2.75) is 13.5 Å². The highest BCUT2D eigenvalue weighted by molar-refractivity contribution is 5.84. The van der Waals surface area contributed by atoms with Gasteiger partial charge in [-0.3, -0.25) is 19.7 Å². The quantitative estimate of drug-likeness (QED) is 0.656. The number of nitro groups is 1. The normalized spacial score (nSPS) is 10.6. The molecule has 0 spiro atoms. The molecule has 0 aliphatic heterocycles. The zero-order valence-corrected chi connectivity index (χ0v) is 10.3. The maximum Gasteiger partial charge on any atom is 0.270 e. The summed E-state index contributed by atoms with van der Waals surface area (Å²) < 4.78 is 1.70. The lowest BCUT2D eigenvalue weighted by atomic mass is 10.2. The third kappa shape index (κ3) is 2.89. The van der Waals surface area contributed by atoms with Gasteiger partial charge in [0.2, 0.25) is 0 Å². The number of nitrogens with zero attached hydrogens (tertiary/aromatic N) is 2. The van der Waals surface area contributed by atoms with Crippen LogP contribution in [0.2, 0.25) is 0 Å². The maximum atomic E-state index is 11.5. The number of hydrogen-bond acceptors (Lipinski definition) is 4. The van der Waals surface area contributed by atoms with Gasteiger partial charge in [-0.1, -0.05) is 0 Å². The lowest BCUT2D eigenvalue weighted by Gasteiger charge is -2.06. The average Bonchev–Trinajstić information content (AvgIpc) is 2.78. The molecular formula is C12H13N3O4. The molecule has 0 saturated heterocycles. The summed E-state index contributed by atoms with van der Waals surface area (Å²) in [4.78, 5) is 26.5. The maximum absolute atomic E-state index is 11.5. The van der Waals surface area contributed by atoms with Gasteiger partial charge < -0.3 is 4.57 Å². The molecule has 1 aromatic heterocycles. The standard InChI is InChI=1S/C12H13N3O4/c1-2-19-13-12(16)8-14-6-5-9-7-10(15(17)18)3-4-11(9)14/h3-7H,2,8H2,1H3,(H,13,16). The minimum atomic E-state index is -0.446. The van der Waals surface area contributed by atoms with Gasteiger partial charge in [0.25, 0.3) is 11.6 Å². The Hall–Kier alpha value is -2.41. The molecule has 1 N–H and O–H groups in total. The summed E-state index contributed by atoms with van der Waals surface area (Å²) in [7, 11) is 0. The Morgan fingerprint density at radius 2 is 2.26 bits per heavy atom. The van der Waals surface area contributed by atoms with Crippen molar-refractivity contribution >= 4 is 22.5 Å². The number of hydroxylamine groups is 1. The minimum Gasteiger partial charge on any atom is -0.338 e. The van der Waals surface area contributed by atoms with Crippen LogP contribution in [0, 0.1) is 10.1 Å². The molecule has 1 amide bonds. The van der Waals surface area contributed by atoms with Crippen LogP contribution in [0.1, 0.15) is 6.92 Å². The van der Waals surface area contributed by atoms with E-state index in [9.17, 15) is 14.9 Å². The number of rotatable bonds is 5. The Morgan fingerprint density at radius 1 is 1.47 bits per heavy atom. The Bertz CT molecular complexity index is 620. The Kier molecular flexibility index (Phi) is 3.76. The average molecular weight is 263 g/mol. The van der Waals surface area contributed by atoms with E-state index >= 15 is 0 Å². The van der Waals surface area contributed by atoms with Gasteiger partial charge in [-0.25, -0.2) is 5.48 Å². The predicted octanol–water partition coefficient (Wildman–Crippen LogP) is 1.62. The van der Waals surface area contributed by atoms with Gasteiger partial charge in [0.1, 0.15) is 6.54 Å². The van der Waals surface area contributed by atoms with Crippen molar-refractivity contribution < 1.29 is 14.6 Å². The van der Waals surface area contributed by atoms with Crippen molar-refractivity contribution in [3.05, 3.63) is 40.6 Å². The van der Waals surface area contributed by atoms with Crippen LogP contribution in [-0.4, -0.2) is 22.0 Å². The molecule has 0 saturated carbocycles. The Labute approximate surface area is 108 Å². The van der Waals surface area contributed by atoms with Crippen LogP contribution in [0.3, 0.4) is 0 Å². The van der Waals surface area contributed by atoms with E-state index in [1.807, 2.05) is 0 Å². The van der Waals surface area contributed by atoms with Crippen molar-refractivity contribution in [2.75, 3.05) is 6.61 Å². The molecule has 100 valence electrons. The van der Waals surface area contributed by atoms with Gasteiger partial charge in [0, 0.05) is 29.2 Å². The molecule has 0 fully saturated rings. The van der Waals surface area contributed by atoms with Crippen molar-refractivity contribution in [1.82, 2.24) is 10.0 Å². The van der Waals surface area contributed by atoms with Crippen LogP contribution < -0.4 is 5.48 Å². The van der Waals surface area contributed by atoms with Gasteiger partial charge in [0.05, 0.1) is 11.5 Å². The second-order valence-corrected chi connectivity index (χ2v) is 3.90. The number of fused-ring (bicyclic) bond motifs is 1. The van der Waals surface area contributed by atoms with Crippen LogP contribution in [0.4, 0.5) is 5.69 Å². The third-order valence-corrected chi connectivity index (χ3v) is 2.61. The number of hydrogen-bond donors (Lipinski definition) is 1. The van der Waals surface area contributed by atoms with Crippen LogP contribution in [0.25, 0.3) is 10.9 Å². The molecule has 2 rings (SSSR count). The first-order valence-corrected chi connectivity index (χ1v) is 5.75. The van der Waals surface area contributed by atoms with Gasteiger partial charge >= 0.3 is 0 Å². The largest absolute Gasteiger partial charge is 0.338 e. The zero-order valence-electron chi connectivity index (χ0n) is 10.3. The van der Waals surface area contributed by atoms with E-state index in [-0.39, 0.29) is 18.1 Å². The molecular weight excluding hydrogens is 250 g/mol. The number of nitro benzene ring substituents is 1. The highest BCUT2D eigenvalue weighted by atomic mass is 16.6. The second-order valence-electron chi connectivity index (χ2n) is 3.90. The number of aromatic nitrogens is 1. The summed E-state index contributed by atoms with van der Waals surface area (Å²) in [5.74, 6) is -0.280. The zero-order chi connectivity index (χ0) is 13.8. The fraction of sp³-hybridized carbons (Fsp3) is 0.250. The number of nitrogens with one attached hydrogen (secondary N) is 1. The molecule has 7 heteroatoms. The number of non-ortho nitro benzene ring substituents is 1. The van der Waals surface area contributed by atoms with E-state index in [0.717, 1.165) is 10.9 Å². The van der Waals surface area contributed by atoms with E-state index < -0.39 is 4.92 Å². The van der Waals surface area contributed by atoms with E-state index in [2.05, 4.69) is 5.48 Å². The monoisotopic (exact) mass is 263 g/mol. The molecule has 0 aliphatic carbocycles. The summed E-state index contributed by atoms with van der Waals surface area (Å²) in [6, 6.07) is 6.25. The third-order valence-electron chi connectivity index (χ3n) is 2.61. The summed E-state index contributed by atoms with van der Waals surface area (Å²) in [6.07, 6.45) is 1.71. The summed E-state index contributed by atoms with van der Waals surface area (Å²) in [6.45, 7) is 2.26. The number of carbonyl (C=O) groups is 1. The van der Waals surface area contributed by atoms with Gasteiger partial charge in [0.15, 0.2) is 0 Å². The van der Waals surface area contributed by atoms with Crippen molar-refractivity contribution in [3.8, 4) is 0 Å². The predicted molar refractivity (Wildman–Crippen MR) is 68.4 cm³/mol. The molecule has 19 heavy (non-hydrogen) atoms. The summed E-state index contributed by atoms with van der Waals surface area (Å²) in [5, 5.41) is 11.4. The van der Waals surface area contributed by atoms with Gasteiger partial charge in [-0.2, -0.15) is 0 Å². The molecule has 0 unspecified atom stereocenters. The molecule has 1 aromatic carbocycles. The lowest BCUT2D eigenvalue weighted by molar-refractivity contribution is -0.384.